The zero-order valence-corrected chi connectivity index (χ0v) is 12.4. The predicted octanol–water partition coefficient (Wildman–Crippen LogP) is 0.911. The van der Waals surface area contributed by atoms with E-state index < -0.39 is 9.84 Å². The van der Waals surface area contributed by atoms with E-state index in [1.807, 2.05) is 0 Å². The van der Waals surface area contributed by atoms with E-state index in [9.17, 15) is 13.2 Å². The number of rotatable bonds is 8. The van der Waals surface area contributed by atoms with E-state index in [0.717, 1.165) is 25.5 Å². The second-order valence-electron chi connectivity index (χ2n) is 4.69. The van der Waals surface area contributed by atoms with E-state index in [1.165, 1.54) is 6.07 Å². The summed E-state index contributed by atoms with van der Waals surface area (Å²) in [6, 6.07) is 6.53. The van der Waals surface area contributed by atoms with Gasteiger partial charge in [0.15, 0.2) is 9.84 Å². The highest BCUT2D eigenvalue weighted by atomic mass is 32.2. The van der Waals surface area contributed by atoms with Gasteiger partial charge in [-0.15, -0.1) is 0 Å². The van der Waals surface area contributed by atoms with Crippen LogP contribution in [0.25, 0.3) is 0 Å². The molecule has 0 aliphatic heterocycles. The number of sulfone groups is 1. The number of benzene rings is 1. The van der Waals surface area contributed by atoms with Crippen LogP contribution in [-0.2, 0) is 21.1 Å². The molecule has 0 fully saturated rings. The van der Waals surface area contributed by atoms with Crippen molar-refractivity contribution < 1.29 is 18.3 Å². The molecule has 20 heavy (non-hydrogen) atoms. The molecule has 112 valence electrons. The van der Waals surface area contributed by atoms with Crippen molar-refractivity contribution in [2.45, 2.75) is 30.6 Å². The van der Waals surface area contributed by atoms with E-state index in [1.54, 1.807) is 18.2 Å². The molecule has 1 rings (SSSR count). The van der Waals surface area contributed by atoms with Crippen molar-refractivity contribution in [3.05, 3.63) is 29.8 Å². The molecule has 0 saturated carbocycles. The Morgan fingerprint density at radius 3 is 2.55 bits per heavy atom. The molecule has 6 heteroatoms. The molecular formula is C14H21NO4S. The third-order valence-corrected chi connectivity index (χ3v) is 4.08. The van der Waals surface area contributed by atoms with E-state index >= 15 is 0 Å². The first-order chi connectivity index (χ1) is 9.45. The number of amides is 1. The van der Waals surface area contributed by atoms with Gasteiger partial charge in [0.05, 0.1) is 11.3 Å². The number of aliphatic hydroxyl groups excluding tert-OH is 1. The Hall–Kier alpha value is -1.40. The highest BCUT2D eigenvalue weighted by Gasteiger charge is 2.14. The average Bonchev–Trinajstić information content (AvgIpc) is 2.38. The summed E-state index contributed by atoms with van der Waals surface area (Å²) in [7, 11) is -3.32. The minimum Gasteiger partial charge on any atom is -0.396 e. The number of carbonyl (C=O) groups is 1. The molecule has 0 atom stereocenters. The maximum atomic E-state index is 11.8. The van der Waals surface area contributed by atoms with Gasteiger partial charge in [0.2, 0.25) is 5.91 Å². The molecule has 1 aromatic rings. The predicted molar refractivity (Wildman–Crippen MR) is 77.2 cm³/mol. The summed E-state index contributed by atoms with van der Waals surface area (Å²) in [5, 5.41) is 11.4. The molecule has 0 aliphatic carbocycles. The summed E-state index contributed by atoms with van der Waals surface area (Å²) in [4.78, 5) is 12.0. The van der Waals surface area contributed by atoms with Crippen LogP contribution in [-0.4, -0.2) is 38.8 Å². The lowest BCUT2D eigenvalue weighted by Gasteiger charge is -2.08. The largest absolute Gasteiger partial charge is 0.396 e. The minimum absolute atomic E-state index is 0.0588. The third-order valence-electron chi connectivity index (χ3n) is 2.88. The van der Waals surface area contributed by atoms with E-state index in [-0.39, 0.29) is 23.8 Å². The van der Waals surface area contributed by atoms with Gasteiger partial charge in [0, 0.05) is 19.4 Å². The average molecular weight is 299 g/mol. The Labute approximate surface area is 119 Å². The van der Waals surface area contributed by atoms with Crippen LogP contribution < -0.4 is 5.32 Å². The lowest BCUT2D eigenvalue weighted by atomic mass is 10.1. The van der Waals surface area contributed by atoms with Crippen LogP contribution in [0.1, 0.15) is 24.8 Å². The van der Waals surface area contributed by atoms with Gasteiger partial charge in [-0.05, 0) is 30.9 Å². The van der Waals surface area contributed by atoms with Gasteiger partial charge in [0.25, 0.3) is 0 Å². The number of hydrogen-bond donors (Lipinski definition) is 2. The number of carbonyl (C=O) groups excluding carboxylic acids is 1. The topological polar surface area (TPSA) is 83.5 Å². The Balaban J connectivity index is 2.54. The van der Waals surface area contributed by atoms with Gasteiger partial charge in [-0.25, -0.2) is 8.42 Å². The third kappa shape index (κ3) is 5.71. The Morgan fingerprint density at radius 1 is 1.20 bits per heavy atom. The van der Waals surface area contributed by atoms with Gasteiger partial charge in [0.1, 0.15) is 0 Å². The SMILES string of the molecule is CS(=O)(=O)c1ccccc1CC(=O)NCCCCCO. The van der Waals surface area contributed by atoms with Crippen molar-refractivity contribution in [3.8, 4) is 0 Å². The van der Waals surface area contributed by atoms with Crippen LogP contribution in [0.2, 0.25) is 0 Å². The summed E-state index contributed by atoms with van der Waals surface area (Å²) in [5.41, 5.74) is 0.517. The summed E-state index contributed by atoms with van der Waals surface area (Å²) < 4.78 is 23.2. The minimum atomic E-state index is -3.32. The molecule has 0 aromatic heterocycles. The van der Waals surface area contributed by atoms with Gasteiger partial charge >= 0.3 is 0 Å². The molecule has 1 aromatic carbocycles. The van der Waals surface area contributed by atoms with Crippen LogP contribution in [0, 0.1) is 0 Å². The fourth-order valence-corrected chi connectivity index (χ4v) is 2.83. The molecule has 0 radical (unpaired) electrons. The number of aliphatic hydroxyl groups is 1. The molecule has 0 unspecified atom stereocenters. The van der Waals surface area contributed by atoms with E-state index in [4.69, 9.17) is 5.11 Å². The molecule has 0 aliphatic rings. The van der Waals surface area contributed by atoms with Crippen LogP contribution in [0.15, 0.2) is 29.2 Å². The van der Waals surface area contributed by atoms with Gasteiger partial charge in [-0.1, -0.05) is 18.2 Å². The molecule has 0 spiro atoms. The Morgan fingerprint density at radius 2 is 1.90 bits per heavy atom. The number of hydrogen-bond acceptors (Lipinski definition) is 4. The monoisotopic (exact) mass is 299 g/mol. The zero-order chi connectivity index (χ0) is 15.0. The standard InChI is InChI=1S/C14H21NO4S/c1-20(18,19)13-8-4-3-7-12(13)11-14(17)15-9-5-2-6-10-16/h3-4,7-8,16H,2,5-6,9-11H2,1H3,(H,15,17). The van der Waals surface area contributed by atoms with Crippen molar-refractivity contribution in [1.29, 1.82) is 0 Å². The number of nitrogens with one attached hydrogen (secondary N) is 1. The lowest BCUT2D eigenvalue weighted by Crippen LogP contribution is -2.26. The molecule has 0 heterocycles. The molecule has 2 N–H and O–H groups in total. The molecule has 5 nitrogen and oxygen atoms in total. The van der Waals surface area contributed by atoms with Crippen molar-refractivity contribution in [2.75, 3.05) is 19.4 Å². The summed E-state index contributed by atoms with van der Waals surface area (Å²) in [5.74, 6) is -0.190. The first-order valence-corrected chi connectivity index (χ1v) is 8.50. The molecular weight excluding hydrogens is 278 g/mol. The van der Waals surface area contributed by atoms with Gasteiger partial charge in [-0.3, -0.25) is 4.79 Å². The van der Waals surface area contributed by atoms with Crippen LogP contribution in [0.5, 0.6) is 0 Å². The highest BCUT2D eigenvalue weighted by molar-refractivity contribution is 7.90. The van der Waals surface area contributed by atoms with Gasteiger partial charge in [-0.2, -0.15) is 0 Å². The van der Waals surface area contributed by atoms with E-state index in [2.05, 4.69) is 5.32 Å². The smallest absolute Gasteiger partial charge is 0.224 e. The van der Waals surface area contributed by atoms with Crippen molar-refractivity contribution in [2.24, 2.45) is 0 Å². The Kier molecular flexibility index (Phi) is 6.67. The summed E-state index contributed by atoms with van der Waals surface area (Å²) in [6.07, 6.45) is 3.59. The van der Waals surface area contributed by atoms with Gasteiger partial charge < -0.3 is 10.4 Å². The van der Waals surface area contributed by atoms with Crippen molar-refractivity contribution in [3.63, 3.8) is 0 Å². The first-order valence-electron chi connectivity index (χ1n) is 6.60. The first kappa shape index (κ1) is 16.7. The maximum absolute atomic E-state index is 11.8. The van der Waals surface area contributed by atoms with Crippen molar-refractivity contribution >= 4 is 15.7 Å². The zero-order valence-electron chi connectivity index (χ0n) is 11.6. The van der Waals surface area contributed by atoms with Crippen molar-refractivity contribution in [1.82, 2.24) is 5.32 Å². The fraction of sp³-hybridized carbons (Fsp3) is 0.500. The quantitative estimate of drug-likeness (QED) is 0.699. The molecule has 1 amide bonds. The molecule has 0 saturated heterocycles. The fourth-order valence-electron chi connectivity index (χ4n) is 1.89. The summed E-state index contributed by atoms with van der Waals surface area (Å²) in [6.45, 7) is 0.704. The van der Waals surface area contributed by atoms with Crippen LogP contribution in [0.3, 0.4) is 0 Å². The normalized spacial score (nSPS) is 11.3. The Bertz CT molecular complexity index is 540. The summed E-state index contributed by atoms with van der Waals surface area (Å²) >= 11 is 0. The second kappa shape index (κ2) is 8.01. The van der Waals surface area contributed by atoms with E-state index in [0.29, 0.717) is 12.1 Å². The number of unbranched alkanes of at least 4 members (excludes halogenated alkanes) is 2. The maximum Gasteiger partial charge on any atom is 0.224 e. The lowest BCUT2D eigenvalue weighted by molar-refractivity contribution is -0.120. The highest BCUT2D eigenvalue weighted by Crippen LogP contribution is 2.15. The van der Waals surface area contributed by atoms with Crippen LogP contribution in [0.4, 0.5) is 0 Å². The molecule has 0 bridgehead atoms. The van der Waals surface area contributed by atoms with Crippen LogP contribution >= 0.6 is 0 Å². The second-order valence-corrected chi connectivity index (χ2v) is 6.68.